The van der Waals surface area contributed by atoms with Crippen LogP contribution in [0, 0.1) is 11.8 Å². The molecule has 4 amide bonds. The van der Waals surface area contributed by atoms with E-state index >= 15 is 0 Å². The second kappa shape index (κ2) is 17.1. The lowest BCUT2D eigenvalue weighted by atomic mass is 9.73. The Morgan fingerprint density at radius 1 is 0.710 bits per heavy atom. The molecule has 0 unspecified atom stereocenters. The molecule has 13 nitrogen and oxygen atoms in total. The predicted molar refractivity (Wildman–Crippen MR) is 240 cm³/mol. The van der Waals surface area contributed by atoms with Crippen LogP contribution in [0.15, 0.2) is 70.9 Å². The van der Waals surface area contributed by atoms with Crippen molar-refractivity contribution in [1.82, 2.24) is 20.4 Å². The van der Waals surface area contributed by atoms with Crippen LogP contribution < -0.4 is 15.4 Å². The number of benzene rings is 3. The van der Waals surface area contributed by atoms with E-state index in [1.165, 1.54) is 14.2 Å². The Morgan fingerprint density at radius 2 is 1.23 bits per heavy atom. The number of hydrogen-bond donors (Lipinski definition) is 2. The number of methoxy groups -OCH3 is 2. The van der Waals surface area contributed by atoms with E-state index < -0.39 is 24.3 Å². The molecular weight excluding hydrogens is 785 g/mol. The minimum atomic E-state index is -0.676. The summed E-state index contributed by atoms with van der Waals surface area (Å²) in [7, 11) is 2.61. The van der Waals surface area contributed by atoms with Crippen LogP contribution in [0.25, 0.3) is 21.9 Å². The summed E-state index contributed by atoms with van der Waals surface area (Å²) in [6, 6.07) is 15.6. The number of likely N-dealkylation sites (tertiary alicyclic amines) is 2. The highest BCUT2D eigenvalue weighted by atomic mass is 16.5. The maximum Gasteiger partial charge on any atom is 0.407 e. The molecule has 2 N–H and O–H groups in total. The molecule has 0 radical (unpaired) electrons. The Kier molecular flexibility index (Phi) is 11.7. The number of alkyl carbamates (subject to hydrolysis) is 2. The predicted octanol–water partition coefficient (Wildman–Crippen LogP) is 8.39. The largest absolute Gasteiger partial charge is 0.457 e. The quantitative estimate of drug-likeness (QED) is 0.208. The fourth-order valence-electron chi connectivity index (χ4n) is 9.98. The number of rotatable bonds is 10. The first kappa shape index (κ1) is 42.7. The monoisotopic (exact) mass is 842 g/mol. The molecule has 0 bridgehead atoms. The third-order valence-corrected chi connectivity index (χ3v) is 13.4. The third kappa shape index (κ3) is 7.86. The Labute approximate surface area is 363 Å². The van der Waals surface area contributed by atoms with Gasteiger partial charge in [-0.15, -0.1) is 0 Å². The highest BCUT2D eigenvalue weighted by Gasteiger charge is 2.41. The van der Waals surface area contributed by atoms with E-state index in [4.69, 9.17) is 24.2 Å². The van der Waals surface area contributed by atoms with Gasteiger partial charge < -0.3 is 34.6 Å². The lowest BCUT2D eigenvalue weighted by molar-refractivity contribution is -0.134. The number of nitrogens with one attached hydrogen (secondary N) is 2. The van der Waals surface area contributed by atoms with Crippen LogP contribution >= 0.6 is 0 Å². The zero-order valence-electron chi connectivity index (χ0n) is 37.0. The summed E-state index contributed by atoms with van der Waals surface area (Å²) >= 11 is 0. The molecule has 5 heterocycles. The van der Waals surface area contributed by atoms with E-state index in [2.05, 4.69) is 73.0 Å². The van der Waals surface area contributed by atoms with Crippen LogP contribution in [-0.2, 0) is 24.5 Å². The van der Waals surface area contributed by atoms with Crippen molar-refractivity contribution < 1.29 is 33.4 Å². The summed E-state index contributed by atoms with van der Waals surface area (Å²) in [6.07, 6.45) is 7.33. The van der Waals surface area contributed by atoms with Gasteiger partial charge >= 0.3 is 12.2 Å². The number of carbonyl (C=O) groups is 4. The smallest absolute Gasteiger partial charge is 0.407 e. The molecule has 3 aromatic rings. The molecule has 5 aliphatic rings. The second-order valence-corrected chi connectivity index (χ2v) is 18.3. The van der Waals surface area contributed by atoms with E-state index in [0.29, 0.717) is 25.9 Å². The summed E-state index contributed by atoms with van der Waals surface area (Å²) in [5.74, 6) is 1.24. The van der Waals surface area contributed by atoms with Crippen molar-refractivity contribution >= 4 is 57.3 Å². The zero-order chi connectivity index (χ0) is 44.0. The number of carbonyl (C=O) groups excluding carboxylic acids is 4. The van der Waals surface area contributed by atoms with E-state index in [9.17, 15) is 19.2 Å². The first-order chi connectivity index (χ1) is 29.7. The summed E-state index contributed by atoms with van der Waals surface area (Å²) in [5.41, 5.74) is 8.11. The van der Waals surface area contributed by atoms with Crippen molar-refractivity contribution in [3.63, 3.8) is 0 Å². The average molecular weight is 843 g/mol. The van der Waals surface area contributed by atoms with Crippen LogP contribution in [0.1, 0.15) is 102 Å². The molecule has 2 saturated heterocycles. The molecular formula is C49H58N6O7. The molecule has 0 saturated carbocycles. The van der Waals surface area contributed by atoms with Gasteiger partial charge in [0.05, 0.1) is 26.3 Å². The van der Waals surface area contributed by atoms with Gasteiger partial charge in [-0.05, 0) is 88.8 Å². The Hall–Kier alpha value is -5.98. The van der Waals surface area contributed by atoms with Crippen LogP contribution in [0.4, 0.5) is 9.59 Å². The molecule has 5 aliphatic heterocycles. The van der Waals surface area contributed by atoms with Gasteiger partial charge in [0.1, 0.15) is 23.6 Å². The van der Waals surface area contributed by atoms with E-state index in [-0.39, 0.29) is 41.1 Å². The minimum absolute atomic E-state index is 0.0940. The first-order valence-electron chi connectivity index (χ1n) is 21.9. The number of aliphatic imine (C=N–C) groups is 2. The van der Waals surface area contributed by atoms with Gasteiger partial charge in [0, 0.05) is 66.3 Å². The van der Waals surface area contributed by atoms with Gasteiger partial charge in [0.15, 0.2) is 0 Å². The lowest BCUT2D eigenvalue weighted by Gasteiger charge is -2.36. The Morgan fingerprint density at radius 3 is 1.74 bits per heavy atom. The molecule has 13 heteroatoms. The van der Waals surface area contributed by atoms with Gasteiger partial charge in [-0.25, -0.2) is 9.59 Å². The number of fused-ring (bicyclic) bond motifs is 4. The molecule has 62 heavy (non-hydrogen) atoms. The standard InChI is InChI=1S/C49H58N6O7/c1-27(2)43(52-47(58)60-7)45(56)54-19-9-11-38(54)36-22-32(25-50-36)29-13-16-34-31(21-29)15-18-40-42(34)49(5,6)35-17-14-30(24-41(35)62-40)33-23-37(51-26-33)39-12-10-20-55(39)46(57)44(28(3)4)53-48(59)61-8/h13-18,21,24-28,38-39,43-44H,9-12,19-20,22-23H2,1-8H3,(H,52,58)(H,53,59)/t38-,39-,43-,44-/m0/s1. The summed E-state index contributed by atoms with van der Waals surface area (Å²) in [5, 5.41) is 7.71. The van der Waals surface area contributed by atoms with Crippen LogP contribution in [-0.4, -0.2) is 96.7 Å². The third-order valence-electron chi connectivity index (χ3n) is 13.4. The molecule has 0 aromatic heterocycles. The maximum absolute atomic E-state index is 13.7. The van der Waals surface area contributed by atoms with Gasteiger partial charge in [-0.1, -0.05) is 71.9 Å². The molecule has 3 aromatic carbocycles. The van der Waals surface area contributed by atoms with E-state index in [1.54, 1.807) is 0 Å². The van der Waals surface area contributed by atoms with Gasteiger partial charge in [-0.3, -0.25) is 19.6 Å². The minimum Gasteiger partial charge on any atom is -0.457 e. The summed E-state index contributed by atoms with van der Waals surface area (Å²) in [6.45, 7) is 13.4. The van der Waals surface area contributed by atoms with Crippen molar-refractivity contribution in [2.24, 2.45) is 21.8 Å². The maximum atomic E-state index is 13.7. The molecule has 326 valence electrons. The van der Waals surface area contributed by atoms with Gasteiger partial charge in [0.25, 0.3) is 0 Å². The number of allylic oxidation sites excluding steroid dienone is 2. The molecule has 0 aliphatic carbocycles. The van der Waals surface area contributed by atoms with Crippen molar-refractivity contribution in [2.45, 2.75) is 110 Å². The van der Waals surface area contributed by atoms with Crippen molar-refractivity contribution in [3.8, 4) is 11.5 Å². The molecule has 0 spiro atoms. The zero-order valence-corrected chi connectivity index (χ0v) is 37.0. The highest BCUT2D eigenvalue weighted by Crippen LogP contribution is 2.51. The van der Waals surface area contributed by atoms with Gasteiger partial charge in [-0.2, -0.15) is 0 Å². The normalized spacial score (nSPS) is 21.1. The first-order valence-corrected chi connectivity index (χ1v) is 21.9. The fraction of sp³-hybridized carbons (Fsp3) is 0.469. The van der Waals surface area contributed by atoms with Crippen molar-refractivity contribution in [3.05, 3.63) is 83.2 Å². The number of hydrogen-bond acceptors (Lipinski definition) is 9. The van der Waals surface area contributed by atoms with Crippen molar-refractivity contribution in [2.75, 3.05) is 27.3 Å². The van der Waals surface area contributed by atoms with E-state index in [1.807, 2.05) is 49.9 Å². The second-order valence-electron chi connectivity index (χ2n) is 18.3. The Balaban J connectivity index is 0.953. The van der Waals surface area contributed by atoms with Crippen molar-refractivity contribution in [1.29, 1.82) is 0 Å². The van der Waals surface area contributed by atoms with Gasteiger partial charge in [0.2, 0.25) is 11.8 Å². The SMILES string of the molecule is COC(=O)N[C@H](C(=O)N1CCC[C@H]1C1=NC=C(c2ccc3c(c2)Oc2ccc4cc(C5=CN=C([C@@H]6CCCN6C(=O)[C@@H](NC(=O)OC)C(C)C)C5)ccc4c2C3(C)C)C1)C(C)C. The number of nitrogens with zero attached hydrogens (tertiary/aromatic N) is 4. The van der Waals surface area contributed by atoms with Crippen LogP contribution in [0.5, 0.6) is 11.5 Å². The number of ether oxygens (including phenoxy) is 3. The van der Waals surface area contributed by atoms with Crippen LogP contribution in [0.2, 0.25) is 0 Å². The summed E-state index contributed by atoms with van der Waals surface area (Å²) in [4.78, 5) is 65.0. The highest BCUT2D eigenvalue weighted by molar-refractivity contribution is 6.06. The average Bonchev–Trinajstić information content (AvgIpc) is 4.10. The molecule has 2 fully saturated rings. The lowest BCUT2D eigenvalue weighted by Crippen LogP contribution is -2.53. The topological polar surface area (TPSA) is 151 Å². The number of amides is 4. The fourth-order valence-corrected chi connectivity index (χ4v) is 9.98. The van der Waals surface area contributed by atoms with Crippen LogP contribution in [0.3, 0.4) is 0 Å². The molecule has 8 rings (SSSR count). The molecule has 4 atom stereocenters. The Bertz CT molecular complexity index is 2450. The van der Waals surface area contributed by atoms with E-state index in [0.717, 1.165) is 92.8 Å². The summed E-state index contributed by atoms with van der Waals surface area (Å²) < 4.78 is 16.3.